The van der Waals surface area contributed by atoms with E-state index in [4.69, 9.17) is 4.74 Å². The van der Waals surface area contributed by atoms with Crippen molar-refractivity contribution in [2.45, 2.75) is 43.5 Å². The van der Waals surface area contributed by atoms with Crippen molar-refractivity contribution in [1.29, 1.82) is 0 Å². The van der Waals surface area contributed by atoms with Gasteiger partial charge in [-0.25, -0.2) is 4.39 Å². The lowest BCUT2D eigenvalue weighted by Gasteiger charge is -2.31. The first-order chi connectivity index (χ1) is 16.2. The molecule has 1 aliphatic heterocycles. The lowest BCUT2D eigenvalue weighted by Crippen LogP contribution is -2.47. The van der Waals surface area contributed by atoms with Gasteiger partial charge in [-0.3, -0.25) is 4.99 Å². The Morgan fingerprint density at radius 1 is 0.912 bits per heavy atom. The van der Waals surface area contributed by atoms with Gasteiger partial charge in [-0.15, -0.1) is 0 Å². The first kappa shape index (κ1) is 22.6. The van der Waals surface area contributed by atoms with Gasteiger partial charge in [-0.05, 0) is 89.4 Å². The zero-order chi connectivity index (χ0) is 23.9. The van der Waals surface area contributed by atoms with E-state index in [1.54, 1.807) is 24.3 Å². The predicted octanol–water partition coefficient (Wildman–Crippen LogP) is 6.06. The molecule has 0 amide bonds. The highest BCUT2D eigenvalue weighted by Crippen LogP contribution is 2.42. The number of alkyl halides is 3. The van der Waals surface area contributed by atoms with Crippen molar-refractivity contribution in [3.63, 3.8) is 0 Å². The molecule has 0 saturated carbocycles. The molecule has 1 aliphatic carbocycles. The van der Waals surface area contributed by atoms with Gasteiger partial charge in [-0.2, -0.15) is 13.2 Å². The molecule has 2 unspecified atom stereocenters. The van der Waals surface area contributed by atoms with Gasteiger partial charge in [0.15, 0.2) is 0 Å². The van der Waals surface area contributed by atoms with Crippen molar-refractivity contribution < 1.29 is 27.4 Å². The summed E-state index contributed by atoms with van der Waals surface area (Å²) < 4.78 is 61.1. The minimum atomic E-state index is -4.96. The van der Waals surface area contributed by atoms with E-state index >= 15 is 0 Å². The molecular weight excluding hydrogens is 446 g/mol. The van der Waals surface area contributed by atoms with Gasteiger partial charge in [0, 0.05) is 6.21 Å². The van der Waals surface area contributed by atoms with Gasteiger partial charge < -0.3 is 9.84 Å². The molecule has 2 atom stereocenters. The SMILES string of the molecule is OC(COc1ccc2c(c1)CCCC2)(c1ccc2c(c1)C=NC2c1ccc(F)cc1)C(F)(F)F. The normalized spacial score (nSPS) is 18.8. The Kier molecular flexibility index (Phi) is 5.68. The van der Waals surface area contributed by atoms with Crippen LogP contribution in [0.2, 0.25) is 0 Å². The number of rotatable bonds is 5. The molecule has 5 rings (SSSR count). The van der Waals surface area contributed by atoms with E-state index in [1.807, 2.05) is 6.07 Å². The number of halogens is 4. The van der Waals surface area contributed by atoms with Crippen molar-refractivity contribution in [3.8, 4) is 5.75 Å². The number of aliphatic hydroxyl groups is 1. The highest BCUT2D eigenvalue weighted by molar-refractivity contribution is 5.86. The average molecular weight is 469 g/mol. The van der Waals surface area contributed by atoms with E-state index in [9.17, 15) is 22.7 Å². The number of hydrogen-bond acceptors (Lipinski definition) is 3. The van der Waals surface area contributed by atoms with Gasteiger partial charge in [0.25, 0.3) is 0 Å². The molecule has 7 heteroatoms. The standard InChI is InChI=1S/C27H23F4NO2/c28-22-9-5-18(6-10-22)25-24-12-8-21(13-20(24)15-32-25)26(33,27(29,30)31)16-34-23-11-7-17-3-1-2-4-19(17)14-23/h5-15,25,33H,1-4,16H2. The summed E-state index contributed by atoms with van der Waals surface area (Å²) in [6, 6.07) is 14.8. The number of fused-ring (bicyclic) bond motifs is 2. The second-order valence-corrected chi connectivity index (χ2v) is 8.86. The lowest BCUT2D eigenvalue weighted by molar-refractivity contribution is -0.275. The molecule has 1 heterocycles. The second kappa shape index (κ2) is 8.55. The molecule has 0 fully saturated rings. The molecule has 1 N–H and O–H groups in total. The fraction of sp³-hybridized carbons (Fsp3) is 0.296. The fourth-order valence-corrected chi connectivity index (χ4v) is 4.65. The van der Waals surface area contributed by atoms with Crippen LogP contribution in [-0.4, -0.2) is 24.1 Å². The number of hydrogen-bond donors (Lipinski definition) is 1. The van der Waals surface area contributed by atoms with Crippen LogP contribution in [0.1, 0.15) is 52.3 Å². The van der Waals surface area contributed by atoms with Gasteiger partial charge in [0.2, 0.25) is 5.60 Å². The average Bonchev–Trinajstić information content (AvgIpc) is 3.25. The third kappa shape index (κ3) is 4.09. The molecule has 0 saturated heterocycles. The number of benzene rings is 3. The van der Waals surface area contributed by atoms with Crippen LogP contribution in [0.5, 0.6) is 5.75 Å². The summed E-state index contributed by atoms with van der Waals surface area (Å²) in [7, 11) is 0. The van der Waals surface area contributed by atoms with E-state index in [0.29, 0.717) is 16.9 Å². The predicted molar refractivity (Wildman–Crippen MR) is 121 cm³/mol. The first-order valence-corrected chi connectivity index (χ1v) is 11.2. The van der Waals surface area contributed by atoms with Gasteiger partial charge >= 0.3 is 6.18 Å². The third-order valence-electron chi connectivity index (χ3n) is 6.64. The zero-order valence-electron chi connectivity index (χ0n) is 18.3. The lowest BCUT2D eigenvalue weighted by atomic mass is 9.89. The molecular formula is C27H23F4NO2. The van der Waals surface area contributed by atoms with Crippen LogP contribution in [-0.2, 0) is 18.4 Å². The monoisotopic (exact) mass is 469 g/mol. The van der Waals surface area contributed by atoms with E-state index in [-0.39, 0.29) is 11.4 Å². The second-order valence-electron chi connectivity index (χ2n) is 8.86. The number of aliphatic imine (C=N–C) groups is 1. The summed E-state index contributed by atoms with van der Waals surface area (Å²) >= 11 is 0. The van der Waals surface area contributed by atoms with Crippen LogP contribution in [0.25, 0.3) is 0 Å². The Morgan fingerprint density at radius 2 is 1.65 bits per heavy atom. The van der Waals surface area contributed by atoms with Crippen molar-refractivity contribution in [1.82, 2.24) is 0 Å². The summed E-state index contributed by atoms with van der Waals surface area (Å²) in [6.07, 6.45) is 0.492. The van der Waals surface area contributed by atoms with Crippen molar-refractivity contribution in [3.05, 3.63) is 99.9 Å². The van der Waals surface area contributed by atoms with Crippen LogP contribution in [0.4, 0.5) is 17.6 Å². The Morgan fingerprint density at radius 3 is 2.38 bits per heavy atom. The van der Waals surface area contributed by atoms with Crippen LogP contribution >= 0.6 is 0 Å². The van der Waals surface area contributed by atoms with Crippen LogP contribution < -0.4 is 4.74 Å². The topological polar surface area (TPSA) is 41.8 Å². The summed E-state index contributed by atoms with van der Waals surface area (Å²) in [6.45, 7) is -0.966. The Hall–Kier alpha value is -3.19. The Balaban J connectivity index is 1.41. The van der Waals surface area contributed by atoms with E-state index in [2.05, 4.69) is 4.99 Å². The molecule has 0 radical (unpaired) electrons. The Labute approximate surface area is 194 Å². The largest absolute Gasteiger partial charge is 0.490 e. The number of nitrogens with zero attached hydrogens (tertiary/aromatic N) is 1. The molecule has 0 bridgehead atoms. The maximum Gasteiger partial charge on any atom is 0.424 e. The summed E-state index contributed by atoms with van der Waals surface area (Å²) in [5.74, 6) is -0.0714. The van der Waals surface area contributed by atoms with Crippen molar-refractivity contribution in [2.75, 3.05) is 6.61 Å². The van der Waals surface area contributed by atoms with Crippen LogP contribution in [0, 0.1) is 5.82 Å². The minimum absolute atomic E-state index is 0.308. The van der Waals surface area contributed by atoms with Gasteiger partial charge in [-0.1, -0.05) is 30.3 Å². The number of ether oxygens (including phenoxy) is 1. The molecule has 0 spiro atoms. The molecule has 176 valence electrons. The summed E-state index contributed by atoms with van der Waals surface area (Å²) in [4.78, 5) is 4.38. The van der Waals surface area contributed by atoms with Crippen LogP contribution in [0.15, 0.2) is 65.7 Å². The molecule has 3 aromatic carbocycles. The van der Waals surface area contributed by atoms with E-state index in [0.717, 1.165) is 36.8 Å². The molecule has 0 aromatic heterocycles. The highest BCUT2D eigenvalue weighted by atomic mass is 19.4. The maximum atomic E-state index is 14.1. The van der Waals surface area contributed by atoms with Gasteiger partial charge in [0.05, 0.1) is 0 Å². The minimum Gasteiger partial charge on any atom is -0.490 e. The molecule has 34 heavy (non-hydrogen) atoms. The molecule has 3 aromatic rings. The van der Waals surface area contributed by atoms with Gasteiger partial charge in [0.1, 0.15) is 24.2 Å². The smallest absolute Gasteiger partial charge is 0.424 e. The number of aryl methyl sites for hydroxylation is 2. The third-order valence-corrected chi connectivity index (χ3v) is 6.64. The highest BCUT2D eigenvalue weighted by Gasteiger charge is 2.56. The molecule has 3 nitrogen and oxygen atoms in total. The van der Waals surface area contributed by atoms with Crippen LogP contribution in [0.3, 0.4) is 0 Å². The fourth-order valence-electron chi connectivity index (χ4n) is 4.65. The summed E-state index contributed by atoms with van der Waals surface area (Å²) in [5.41, 5.74) is 0.658. The zero-order valence-corrected chi connectivity index (χ0v) is 18.3. The summed E-state index contributed by atoms with van der Waals surface area (Å²) in [5, 5.41) is 10.8. The maximum absolute atomic E-state index is 14.1. The van der Waals surface area contributed by atoms with Crippen molar-refractivity contribution >= 4 is 6.21 Å². The quantitative estimate of drug-likeness (QED) is 0.462. The van der Waals surface area contributed by atoms with E-state index in [1.165, 1.54) is 42.1 Å². The molecule has 2 aliphatic rings. The first-order valence-electron chi connectivity index (χ1n) is 11.2. The van der Waals surface area contributed by atoms with E-state index < -0.39 is 24.4 Å². The Bertz CT molecular complexity index is 1240. The van der Waals surface area contributed by atoms with Crippen molar-refractivity contribution in [2.24, 2.45) is 4.99 Å².